The van der Waals surface area contributed by atoms with Gasteiger partial charge in [-0.3, -0.25) is 4.68 Å². The van der Waals surface area contributed by atoms with E-state index in [1.807, 2.05) is 32.7 Å². The first-order valence-electron chi connectivity index (χ1n) is 9.68. The van der Waals surface area contributed by atoms with Gasteiger partial charge in [-0.25, -0.2) is 14.5 Å². The Bertz CT molecular complexity index is 750. The van der Waals surface area contributed by atoms with Crippen LogP contribution in [0.15, 0.2) is 18.5 Å². The summed E-state index contributed by atoms with van der Waals surface area (Å²) in [4.78, 5) is 19.2. The summed E-state index contributed by atoms with van der Waals surface area (Å²) in [5.41, 5.74) is 0. The summed E-state index contributed by atoms with van der Waals surface area (Å²) >= 11 is 0. The van der Waals surface area contributed by atoms with Crippen LogP contribution in [0.2, 0.25) is 0 Å². The fourth-order valence-electron chi connectivity index (χ4n) is 3.96. The normalized spacial score (nSPS) is 20.5. The van der Waals surface area contributed by atoms with Gasteiger partial charge in [0.2, 0.25) is 0 Å². The molecular formula is C18H27N7O2. The van der Waals surface area contributed by atoms with E-state index < -0.39 is 0 Å². The van der Waals surface area contributed by atoms with E-state index in [0.717, 1.165) is 57.7 Å². The zero-order valence-electron chi connectivity index (χ0n) is 15.8. The first-order valence-corrected chi connectivity index (χ1v) is 9.68. The van der Waals surface area contributed by atoms with Crippen LogP contribution in [0.5, 0.6) is 0 Å². The number of piperidine rings is 1. The van der Waals surface area contributed by atoms with Gasteiger partial charge in [0, 0.05) is 45.7 Å². The second-order valence-corrected chi connectivity index (χ2v) is 7.35. The van der Waals surface area contributed by atoms with Gasteiger partial charge in [0.15, 0.2) is 5.82 Å². The number of aryl methyl sites for hydroxylation is 1. The molecule has 0 saturated carbocycles. The van der Waals surface area contributed by atoms with Crippen molar-refractivity contribution in [2.75, 3.05) is 20.2 Å². The molecule has 0 aromatic carbocycles. The lowest BCUT2D eigenvalue weighted by Crippen LogP contribution is -2.46. The molecule has 1 atom stereocenters. The number of fused-ring (bicyclic) bond motifs is 1. The van der Waals surface area contributed by atoms with Crippen LogP contribution in [0, 0.1) is 5.92 Å². The van der Waals surface area contributed by atoms with Gasteiger partial charge in [-0.1, -0.05) is 0 Å². The van der Waals surface area contributed by atoms with Crippen molar-refractivity contribution in [1.82, 2.24) is 34.8 Å². The number of nitrogens with one attached hydrogen (secondary N) is 1. The van der Waals surface area contributed by atoms with Crippen LogP contribution >= 0.6 is 0 Å². The monoisotopic (exact) mass is 373 g/mol. The number of likely N-dealkylation sites (tertiary alicyclic amines) is 1. The van der Waals surface area contributed by atoms with Crippen molar-refractivity contribution >= 4 is 6.03 Å². The van der Waals surface area contributed by atoms with Crippen LogP contribution in [0.3, 0.4) is 0 Å². The Morgan fingerprint density at radius 1 is 1.30 bits per heavy atom. The van der Waals surface area contributed by atoms with Crippen LogP contribution < -0.4 is 5.32 Å². The highest BCUT2D eigenvalue weighted by molar-refractivity contribution is 5.74. The highest BCUT2D eigenvalue weighted by atomic mass is 16.5. The van der Waals surface area contributed by atoms with Gasteiger partial charge in [0.25, 0.3) is 0 Å². The minimum atomic E-state index is -0.0776. The van der Waals surface area contributed by atoms with Gasteiger partial charge >= 0.3 is 6.03 Å². The lowest BCUT2D eigenvalue weighted by Gasteiger charge is -2.33. The van der Waals surface area contributed by atoms with Gasteiger partial charge in [0.05, 0.1) is 6.04 Å². The predicted octanol–water partition coefficient (Wildman–Crippen LogP) is 1.58. The molecule has 2 aliphatic rings. The molecular weight excluding hydrogens is 346 g/mol. The van der Waals surface area contributed by atoms with Crippen LogP contribution in [0.25, 0.3) is 0 Å². The molecule has 9 nitrogen and oxygen atoms in total. The summed E-state index contributed by atoms with van der Waals surface area (Å²) < 4.78 is 9.01. The van der Waals surface area contributed by atoms with Crippen molar-refractivity contribution in [3.05, 3.63) is 30.1 Å². The molecule has 1 unspecified atom stereocenters. The number of aromatic nitrogens is 5. The number of carbonyl (C=O) groups excluding carboxylic acids is 1. The fourth-order valence-corrected chi connectivity index (χ4v) is 3.96. The highest BCUT2D eigenvalue weighted by Gasteiger charge is 2.29. The van der Waals surface area contributed by atoms with Crippen molar-refractivity contribution in [3.63, 3.8) is 0 Å². The number of rotatable bonds is 5. The van der Waals surface area contributed by atoms with Crippen molar-refractivity contribution in [3.8, 4) is 0 Å². The van der Waals surface area contributed by atoms with E-state index in [4.69, 9.17) is 4.74 Å². The molecule has 2 aliphatic heterocycles. The zero-order chi connectivity index (χ0) is 18.6. The van der Waals surface area contributed by atoms with E-state index in [-0.39, 0.29) is 12.1 Å². The van der Waals surface area contributed by atoms with E-state index in [1.54, 1.807) is 7.11 Å². The summed E-state index contributed by atoms with van der Waals surface area (Å²) in [6.45, 7) is 3.73. The quantitative estimate of drug-likeness (QED) is 0.859. The molecule has 1 fully saturated rings. The van der Waals surface area contributed by atoms with Crippen molar-refractivity contribution in [2.45, 2.75) is 51.4 Å². The van der Waals surface area contributed by atoms with Crippen LogP contribution in [0.1, 0.15) is 43.4 Å². The van der Waals surface area contributed by atoms with E-state index >= 15 is 0 Å². The molecule has 27 heavy (non-hydrogen) atoms. The van der Waals surface area contributed by atoms with Crippen LogP contribution in [-0.4, -0.2) is 55.7 Å². The Morgan fingerprint density at radius 2 is 2.15 bits per heavy atom. The molecule has 1 N–H and O–H groups in total. The smallest absolute Gasteiger partial charge is 0.317 e. The van der Waals surface area contributed by atoms with Gasteiger partial charge in [-0.15, -0.1) is 0 Å². The van der Waals surface area contributed by atoms with E-state index in [9.17, 15) is 4.79 Å². The average Bonchev–Trinajstić information content (AvgIpc) is 3.32. The number of ether oxygens (including phenoxy) is 1. The van der Waals surface area contributed by atoms with Gasteiger partial charge in [0.1, 0.15) is 12.4 Å². The summed E-state index contributed by atoms with van der Waals surface area (Å²) in [5.74, 6) is 2.09. The van der Waals surface area contributed by atoms with Crippen molar-refractivity contribution in [1.29, 1.82) is 0 Å². The Morgan fingerprint density at radius 3 is 2.89 bits per heavy atom. The van der Waals surface area contributed by atoms with Gasteiger partial charge < -0.3 is 15.0 Å². The zero-order valence-corrected chi connectivity index (χ0v) is 15.8. The summed E-state index contributed by atoms with van der Waals surface area (Å²) in [5, 5.41) is 11.9. The summed E-state index contributed by atoms with van der Waals surface area (Å²) in [6.07, 6.45) is 7.70. The number of hydrogen-bond donors (Lipinski definition) is 1. The molecule has 1 saturated heterocycles. The molecule has 0 spiro atoms. The summed E-state index contributed by atoms with van der Waals surface area (Å²) in [7, 11) is 1.63. The third kappa shape index (κ3) is 4.13. The maximum atomic E-state index is 12.7. The maximum Gasteiger partial charge on any atom is 0.317 e. The molecule has 4 heterocycles. The standard InChI is InChI=1S/C18H27N7O2/c1-27-13-16-21-17-15(4-2-9-25(17)22-16)20-18(26)23-10-5-14(6-11-23)12-24-8-3-7-19-24/h3,7-8,14-15H,2,4-6,9-13H2,1H3,(H,20,26). The van der Waals surface area contributed by atoms with Crippen LogP contribution in [-0.2, 0) is 24.4 Å². The van der Waals surface area contributed by atoms with Crippen molar-refractivity contribution in [2.24, 2.45) is 5.92 Å². The van der Waals surface area contributed by atoms with E-state index in [2.05, 4.69) is 20.5 Å². The average molecular weight is 373 g/mol. The molecule has 2 aromatic rings. The minimum absolute atomic E-state index is 0.00211. The Labute approximate surface area is 158 Å². The molecule has 0 radical (unpaired) electrons. The molecule has 4 rings (SSSR count). The first kappa shape index (κ1) is 18.0. The number of amides is 2. The van der Waals surface area contributed by atoms with E-state index in [0.29, 0.717) is 18.3 Å². The molecule has 146 valence electrons. The molecule has 0 aliphatic carbocycles. The predicted molar refractivity (Wildman–Crippen MR) is 97.8 cm³/mol. The summed E-state index contributed by atoms with van der Waals surface area (Å²) in [6, 6.07) is 1.87. The van der Waals surface area contributed by atoms with E-state index in [1.165, 1.54) is 0 Å². The molecule has 9 heteroatoms. The number of nitrogens with zero attached hydrogens (tertiary/aromatic N) is 6. The Hall–Kier alpha value is -2.42. The number of carbonyl (C=O) groups is 1. The highest BCUT2D eigenvalue weighted by Crippen LogP contribution is 2.24. The molecule has 2 aromatic heterocycles. The minimum Gasteiger partial charge on any atom is -0.377 e. The van der Waals surface area contributed by atoms with Crippen LogP contribution in [0.4, 0.5) is 4.79 Å². The topological polar surface area (TPSA) is 90.1 Å². The first-order chi connectivity index (χ1) is 13.2. The Balaban J connectivity index is 1.31. The largest absolute Gasteiger partial charge is 0.377 e. The molecule has 0 bridgehead atoms. The number of hydrogen-bond acceptors (Lipinski definition) is 5. The number of urea groups is 1. The van der Waals surface area contributed by atoms with Crippen molar-refractivity contribution < 1.29 is 9.53 Å². The number of methoxy groups -OCH3 is 1. The lowest BCUT2D eigenvalue weighted by atomic mass is 9.97. The second-order valence-electron chi connectivity index (χ2n) is 7.35. The Kier molecular flexibility index (Phi) is 5.38. The SMILES string of the molecule is COCc1nc2n(n1)CCCC2NC(=O)N1CCC(Cn2cccn2)CC1. The fraction of sp³-hybridized carbons (Fsp3) is 0.667. The third-order valence-corrected chi connectivity index (χ3v) is 5.40. The maximum absolute atomic E-state index is 12.7. The van der Waals surface area contributed by atoms with Gasteiger partial charge in [-0.2, -0.15) is 10.2 Å². The van der Waals surface area contributed by atoms with Gasteiger partial charge in [-0.05, 0) is 37.7 Å². The molecule has 2 amide bonds. The lowest BCUT2D eigenvalue weighted by molar-refractivity contribution is 0.159. The second kappa shape index (κ2) is 8.08. The third-order valence-electron chi connectivity index (χ3n) is 5.40.